The van der Waals surface area contributed by atoms with Gasteiger partial charge in [0.15, 0.2) is 6.61 Å². The summed E-state index contributed by atoms with van der Waals surface area (Å²) in [6, 6.07) is 22.6. The van der Waals surface area contributed by atoms with E-state index in [0.717, 1.165) is 5.56 Å². The maximum atomic E-state index is 12.3. The number of esters is 1. The van der Waals surface area contributed by atoms with E-state index in [-0.39, 0.29) is 18.4 Å². The third-order valence-corrected chi connectivity index (χ3v) is 4.16. The predicted molar refractivity (Wildman–Crippen MR) is 116 cm³/mol. The molecule has 158 valence electrons. The van der Waals surface area contributed by atoms with Gasteiger partial charge in [-0.05, 0) is 48.0 Å². The Morgan fingerprint density at radius 2 is 1.55 bits per heavy atom. The Morgan fingerprint density at radius 1 is 0.839 bits per heavy atom. The number of carbonyl (C=O) groups excluding carboxylic acids is 3. The first kappa shape index (κ1) is 21.6. The fraction of sp³-hybridized carbons (Fsp3) is 0.125. The van der Waals surface area contributed by atoms with Gasteiger partial charge in [0.2, 0.25) is 0 Å². The fourth-order valence-electron chi connectivity index (χ4n) is 2.72. The highest BCUT2D eigenvalue weighted by Gasteiger charge is 2.08. The Bertz CT molecular complexity index is 1050. The summed E-state index contributed by atoms with van der Waals surface area (Å²) in [6.07, 6.45) is 0. The molecule has 2 N–H and O–H groups in total. The lowest BCUT2D eigenvalue weighted by Crippen LogP contribution is -2.23. The summed E-state index contributed by atoms with van der Waals surface area (Å²) in [6.45, 7) is 1.52. The molecule has 0 heterocycles. The average Bonchev–Trinajstić information content (AvgIpc) is 2.77. The Balaban J connectivity index is 1.47. The number of nitrogens with one attached hydrogen (secondary N) is 2. The van der Waals surface area contributed by atoms with Crippen molar-refractivity contribution < 1.29 is 23.9 Å². The van der Waals surface area contributed by atoms with E-state index >= 15 is 0 Å². The monoisotopic (exact) mass is 418 g/mol. The quantitative estimate of drug-likeness (QED) is 0.431. The first-order valence-corrected chi connectivity index (χ1v) is 9.63. The van der Waals surface area contributed by atoms with Gasteiger partial charge in [0.1, 0.15) is 11.5 Å². The zero-order chi connectivity index (χ0) is 22.1. The highest BCUT2D eigenvalue weighted by atomic mass is 16.5. The van der Waals surface area contributed by atoms with Gasteiger partial charge < -0.3 is 20.1 Å². The summed E-state index contributed by atoms with van der Waals surface area (Å²) >= 11 is 0. The minimum Gasteiger partial charge on any atom is -0.484 e. The van der Waals surface area contributed by atoms with E-state index in [1.54, 1.807) is 42.5 Å². The van der Waals surface area contributed by atoms with E-state index in [2.05, 4.69) is 10.6 Å². The van der Waals surface area contributed by atoms with Crippen molar-refractivity contribution in [3.05, 3.63) is 90.0 Å². The van der Waals surface area contributed by atoms with Crippen LogP contribution in [0.3, 0.4) is 0 Å². The molecule has 0 bridgehead atoms. The summed E-state index contributed by atoms with van der Waals surface area (Å²) in [7, 11) is 0. The van der Waals surface area contributed by atoms with E-state index in [9.17, 15) is 14.4 Å². The molecule has 0 unspecified atom stereocenters. The van der Waals surface area contributed by atoms with Crippen molar-refractivity contribution in [2.45, 2.75) is 13.5 Å². The second-order valence-electron chi connectivity index (χ2n) is 6.65. The zero-order valence-corrected chi connectivity index (χ0v) is 17.0. The van der Waals surface area contributed by atoms with Gasteiger partial charge in [-0.3, -0.25) is 14.4 Å². The second kappa shape index (κ2) is 10.6. The molecular weight excluding hydrogens is 396 g/mol. The van der Waals surface area contributed by atoms with Gasteiger partial charge in [-0.2, -0.15) is 0 Å². The number of amides is 2. The molecule has 3 rings (SSSR count). The van der Waals surface area contributed by atoms with E-state index in [1.807, 2.05) is 30.3 Å². The molecule has 0 atom stereocenters. The molecule has 7 heteroatoms. The smallest absolute Gasteiger partial charge is 0.308 e. The normalized spacial score (nSPS) is 10.1. The Kier molecular flexibility index (Phi) is 7.37. The van der Waals surface area contributed by atoms with Crippen LogP contribution in [0.4, 0.5) is 5.69 Å². The highest BCUT2D eigenvalue weighted by molar-refractivity contribution is 5.94. The number of para-hydroxylation sites is 1. The summed E-state index contributed by atoms with van der Waals surface area (Å²) in [4.78, 5) is 35.4. The molecule has 31 heavy (non-hydrogen) atoms. The van der Waals surface area contributed by atoms with Crippen LogP contribution in [-0.2, 0) is 16.1 Å². The Hall–Kier alpha value is -4.13. The van der Waals surface area contributed by atoms with Gasteiger partial charge in [-0.25, -0.2) is 0 Å². The minimum absolute atomic E-state index is 0.0891. The Morgan fingerprint density at radius 3 is 2.26 bits per heavy atom. The number of anilines is 1. The van der Waals surface area contributed by atoms with Crippen LogP contribution in [0.2, 0.25) is 0 Å². The third-order valence-electron chi connectivity index (χ3n) is 4.16. The number of hydrogen-bond acceptors (Lipinski definition) is 5. The molecule has 0 spiro atoms. The van der Waals surface area contributed by atoms with Crippen LogP contribution in [0.25, 0.3) is 0 Å². The van der Waals surface area contributed by atoms with Gasteiger partial charge in [0, 0.05) is 24.7 Å². The number of benzene rings is 3. The van der Waals surface area contributed by atoms with Crippen LogP contribution in [0.1, 0.15) is 22.8 Å². The van der Waals surface area contributed by atoms with Crippen LogP contribution in [-0.4, -0.2) is 24.4 Å². The van der Waals surface area contributed by atoms with Crippen molar-refractivity contribution >= 4 is 23.5 Å². The van der Waals surface area contributed by atoms with Crippen molar-refractivity contribution in [3.8, 4) is 11.5 Å². The lowest BCUT2D eigenvalue weighted by molar-refractivity contribution is -0.131. The van der Waals surface area contributed by atoms with Crippen molar-refractivity contribution in [1.82, 2.24) is 5.32 Å². The maximum absolute atomic E-state index is 12.3. The standard InChI is InChI=1S/C24H22N2O5/c1-17(27)31-22-9-5-6-19(14-22)24(29)25-15-18-10-12-20(13-11-18)26-23(28)16-30-21-7-3-2-4-8-21/h2-14H,15-16H2,1H3,(H,25,29)(H,26,28). The van der Waals surface area contributed by atoms with Crippen molar-refractivity contribution in [1.29, 1.82) is 0 Å². The molecule has 0 saturated carbocycles. The van der Waals surface area contributed by atoms with Crippen molar-refractivity contribution in [2.75, 3.05) is 11.9 Å². The molecule has 0 saturated heterocycles. The zero-order valence-electron chi connectivity index (χ0n) is 17.0. The molecule has 2 amide bonds. The second-order valence-corrected chi connectivity index (χ2v) is 6.65. The molecule has 0 aliphatic heterocycles. The first-order chi connectivity index (χ1) is 15.0. The largest absolute Gasteiger partial charge is 0.484 e. The SMILES string of the molecule is CC(=O)Oc1cccc(C(=O)NCc2ccc(NC(=O)COc3ccccc3)cc2)c1. The molecule has 0 radical (unpaired) electrons. The molecule has 7 nitrogen and oxygen atoms in total. The van der Waals surface area contributed by atoms with E-state index < -0.39 is 5.97 Å². The van der Waals surface area contributed by atoms with Crippen molar-refractivity contribution in [2.24, 2.45) is 0 Å². The molecule has 0 fully saturated rings. The molecule has 3 aromatic rings. The molecule has 0 aromatic heterocycles. The summed E-state index contributed by atoms with van der Waals surface area (Å²) in [5.41, 5.74) is 1.88. The topological polar surface area (TPSA) is 93.7 Å². The summed E-state index contributed by atoms with van der Waals surface area (Å²) in [5.74, 6) is -0.0583. The van der Waals surface area contributed by atoms with Gasteiger partial charge in [0.25, 0.3) is 11.8 Å². The maximum Gasteiger partial charge on any atom is 0.308 e. The predicted octanol–water partition coefficient (Wildman–Crippen LogP) is 3.56. The van der Waals surface area contributed by atoms with Crippen LogP contribution in [0.5, 0.6) is 11.5 Å². The van der Waals surface area contributed by atoms with Gasteiger partial charge in [-0.1, -0.05) is 36.4 Å². The number of hydrogen-bond donors (Lipinski definition) is 2. The van der Waals surface area contributed by atoms with Crippen LogP contribution in [0, 0.1) is 0 Å². The summed E-state index contributed by atoms with van der Waals surface area (Å²) in [5, 5.41) is 5.57. The fourth-order valence-corrected chi connectivity index (χ4v) is 2.72. The molecule has 3 aromatic carbocycles. The number of ether oxygens (including phenoxy) is 2. The van der Waals surface area contributed by atoms with Gasteiger partial charge in [0.05, 0.1) is 0 Å². The van der Waals surface area contributed by atoms with Crippen LogP contribution < -0.4 is 20.1 Å². The lowest BCUT2D eigenvalue weighted by atomic mass is 10.1. The van der Waals surface area contributed by atoms with Crippen LogP contribution >= 0.6 is 0 Å². The van der Waals surface area contributed by atoms with E-state index in [0.29, 0.717) is 29.3 Å². The van der Waals surface area contributed by atoms with Gasteiger partial charge in [-0.15, -0.1) is 0 Å². The number of rotatable bonds is 8. The average molecular weight is 418 g/mol. The third kappa shape index (κ3) is 7.01. The van der Waals surface area contributed by atoms with E-state index in [4.69, 9.17) is 9.47 Å². The van der Waals surface area contributed by atoms with E-state index in [1.165, 1.54) is 13.0 Å². The minimum atomic E-state index is -0.448. The Labute approximate surface area is 180 Å². The highest BCUT2D eigenvalue weighted by Crippen LogP contribution is 2.14. The van der Waals surface area contributed by atoms with Gasteiger partial charge >= 0.3 is 5.97 Å². The molecule has 0 aliphatic rings. The number of carbonyl (C=O) groups is 3. The first-order valence-electron chi connectivity index (χ1n) is 9.63. The molecular formula is C24H22N2O5. The summed E-state index contributed by atoms with van der Waals surface area (Å²) < 4.78 is 10.4. The lowest BCUT2D eigenvalue weighted by Gasteiger charge is -2.09. The van der Waals surface area contributed by atoms with Crippen LogP contribution in [0.15, 0.2) is 78.9 Å². The molecule has 0 aliphatic carbocycles. The van der Waals surface area contributed by atoms with Crippen molar-refractivity contribution in [3.63, 3.8) is 0 Å².